The Bertz CT molecular complexity index is 1180. The Labute approximate surface area is 266 Å². The number of benzene rings is 2. The number of fused-ring (bicyclic) bond motifs is 2. The molecule has 2 aromatic carbocycles. The van der Waals surface area contributed by atoms with Crippen LogP contribution in [0.1, 0.15) is 153 Å². The van der Waals surface area contributed by atoms with Crippen molar-refractivity contribution in [2.45, 2.75) is 155 Å². The van der Waals surface area contributed by atoms with Crippen molar-refractivity contribution in [3.05, 3.63) is 59.7 Å². The topological polar surface area (TPSA) is 0 Å². The second kappa shape index (κ2) is 19.6. The van der Waals surface area contributed by atoms with Crippen LogP contribution in [-0.2, 0) is 12.8 Å². The normalized spacial score (nSPS) is 11.8. The molecule has 2 heterocycles. The molecular formula is C40H58S2. The molecule has 0 bridgehead atoms. The molecule has 0 fully saturated rings. The highest BCUT2D eigenvalue weighted by Gasteiger charge is 2.10. The lowest BCUT2D eigenvalue weighted by atomic mass is 10.0. The maximum absolute atomic E-state index is 2.46. The second-order valence-electron chi connectivity index (χ2n) is 12.8. The van der Waals surface area contributed by atoms with E-state index in [9.17, 15) is 0 Å². The second-order valence-corrected chi connectivity index (χ2v) is 15.0. The van der Waals surface area contributed by atoms with E-state index in [1.54, 1.807) is 0 Å². The van der Waals surface area contributed by atoms with Crippen LogP contribution in [0.4, 0.5) is 0 Å². The Morgan fingerprint density at radius 2 is 0.714 bits per heavy atom. The summed E-state index contributed by atoms with van der Waals surface area (Å²) in [6.45, 7) is 4.60. The fourth-order valence-corrected chi connectivity index (χ4v) is 8.53. The highest BCUT2D eigenvalue weighted by Crippen LogP contribution is 2.40. The molecule has 2 heteroatoms. The van der Waals surface area contributed by atoms with Crippen molar-refractivity contribution in [2.24, 2.45) is 0 Å². The largest absolute Gasteiger partial charge is 0.134 e. The lowest BCUT2D eigenvalue weighted by Crippen LogP contribution is -1.86. The molecule has 2 aromatic heterocycles. The molecule has 0 saturated carbocycles. The Balaban J connectivity index is 1.19. The first-order valence-electron chi connectivity index (χ1n) is 17.8. The molecule has 0 N–H and O–H groups in total. The molecule has 0 unspecified atom stereocenters. The van der Waals surface area contributed by atoms with Crippen molar-refractivity contribution in [1.82, 2.24) is 0 Å². The molecule has 0 aliphatic heterocycles. The van der Waals surface area contributed by atoms with Crippen LogP contribution >= 0.6 is 22.7 Å². The lowest BCUT2D eigenvalue weighted by Gasteiger charge is -2.03. The van der Waals surface area contributed by atoms with Gasteiger partial charge >= 0.3 is 0 Å². The molecule has 230 valence electrons. The number of rotatable bonds is 23. The Morgan fingerprint density at radius 3 is 1.07 bits per heavy atom. The molecule has 0 spiro atoms. The van der Waals surface area contributed by atoms with Crippen LogP contribution in [0.25, 0.3) is 29.9 Å². The molecule has 4 rings (SSSR count). The molecule has 0 atom stereocenters. The molecule has 0 radical (unpaired) electrons. The van der Waals surface area contributed by atoms with Crippen molar-refractivity contribution in [1.29, 1.82) is 0 Å². The third kappa shape index (κ3) is 11.5. The summed E-state index contributed by atoms with van der Waals surface area (Å²) in [6, 6.07) is 19.3. The van der Waals surface area contributed by atoms with Crippen molar-refractivity contribution in [3.8, 4) is 9.75 Å². The molecule has 0 nitrogen and oxygen atoms in total. The highest BCUT2D eigenvalue weighted by molar-refractivity contribution is 7.28. The van der Waals surface area contributed by atoms with E-state index < -0.39 is 0 Å². The molecule has 0 amide bonds. The Kier molecular flexibility index (Phi) is 15.5. The first-order chi connectivity index (χ1) is 20.8. The van der Waals surface area contributed by atoms with Crippen molar-refractivity contribution < 1.29 is 0 Å². The van der Waals surface area contributed by atoms with E-state index >= 15 is 0 Å². The van der Waals surface area contributed by atoms with Gasteiger partial charge in [0.25, 0.3) is 0 Å². The standard InChI is InChI=1S/C40H58S2/c1-3-5-7-9-11-13-15-17-19-21-23-33-25-27-37-35(29-33)31-39(41-37)40-32-36-30-34(26-28-38(36)42-40)24-22-20-18-16-14-12-10-8-6-4-2/h25-32H,3-24H2,1-2H3. The summed E-state index contributed by atoms with van der Waals surface area (Å²) in [7, 11) is 0. The fraction of sp³-hybridized carbons (Fsp3) is 0.600. The van der Waals surface area contributed by atoms with Crippen molar-refractivity contribution in [3.63, 3.8) is 0 Å². The van der Waals surface area contributed by atoms with Crippen LogP contribution in [0, 0.1) is 0 Å². The summed E-state index contributed by atoms with van der Waals surface area (Å²) in [5.41, 5.74) is 3.03. The monoisotopic (exact) mass is 602 g/mol. The van der Waals surface area contributed by atoms with Gasteiger partial charge in [-0.25, -0.2) is 0 Å². The van der Waals surface area contributed by atoms with Gasteiger partial charge in [-0.15, -0.1) is 22.7 Å². The van der Waals surface area contributed by atoms with Gasteiger partial charge < -0.3 is 0 Å². The van der Waals surface area contributed by atoms with Crippen LogP contribution in [0.5, 0.6) is 0 Å². The summed E-state index contributed by atoms with van der Waals surface area (Å²) >= 11 is 3.92. The SMILES string of the molecule is CCCCCCCCCCCCc1ccc2sc(-c3cc4cc(CCCCCCCCCCCC)ccc4s3)cc2c1. The Hall–Kier alpha value is -1.64. The summed E-state index contributed by atoms with van der Waals surface area (Å²) in [5, 5.41) is 2.86. The third-order valence-electron chi connectivity index (χ3n) is 9.04. The van der Waals surface area contributed by atoms with Crippen molar-refractivity contribution in [2.75, 3.05) is 0 Å². The zero-order valence-corrected chi connectivity index (χ0v) is 28.6. The zero-order chi connectivity index (χ0) is 29.2. The van der Waals surface area contributed by atoms with E-state index in [2.05, 4.69) is 62.4 Å². The number of hydrogen-bond donors (Lipinski definition) is 0. The molecule has 4 aromatic rings. The van der Waals surface area contributed by atoms with Crippen LogP contribution in [-0.4, -0.2) is 0 Å². The summed E-state index contributed by atoms with van der Waals surface area (Å²) < 4.78 is 2.85. The van der Waals surface area contributed by atoms with Gasteiger partial charge in [-0.05, 0) is 71.8 Å². The van der Waals surface area contributed by atoms with E-state index in [1.165, 1.54) is 182 Å². The minimum absolute atomic E-state index is 1.22. The predicted octanol–water partition coefficient (Wildman–Crippen LogP) is 14.7. The molecule has 42 heavy (non-hydrogen) atoms. The van der Waals surface area contributed by atoms with Gasteiger partial charge in [0, 0.05) is 19.2 Å². The van der Waals surface area contributed by atoms with E-state index in [0.29, 0.717) is 0 Å². The van der Waals surface area contributed by atoms with E-state index in [0.717, 1.165) is 0 Å². The summed E-state index contributed by atoms with van der Waals surface area (Å²) in [6.07, 6.45) is 30.6. The van der Waals surface area contributed by atoms with Gasteiger partial charge in [0.2, 0.25) is 0 Å². The summed E-state index contributed by atoms with van der Waals surface area (Å²) in [5.74, 6) is 0. The van der Waals surface area contributed by atoms with Gasteiger partial charge in [-0.2, -0.15) is 0 Å². The average Bonchev–Trinajstić information content (AvgIpc) is 3.63. The van der Waals surface area contributed by atoms with E-state index in [1.807, 2.05) is 22.7 Å². The van der Waals surface area contributed by atoms with E-state index in [-0.39, 0.29) is 0 Å². The van der Waals surface area contributed by atoms with Gasteiger partial charge in [-0.1, -0.05) is 154 Å². The van der Waals surface area contributed by atoms with Crippen LogP contribution in [0.3, 0.4) is 0 Å². The Morgan fingerprint density at radius 1 is 0.381 bits per heavy atom. The van der Waals surface area contributed by atoms with Gasteiger partial charge in [0.15, 0.2) is 0 Å². The number of unbranched alkanes of at least 4 members (excludes halogenated alkanes) is 18. The lowest BCUT2D eigenvalue weighted by molar-refractivity contribution is 0.556. The third-order valence-corrected chi connectivity index (χ3v) is 11.5. The minimum atomic E-state index is 1.22. The first kappa shape index (κ1) is 33.3. The number of thiophene rings is 2. The average molecular weight is 603 g/mol. The molecule has 0 aliphatic carbocycles. The quantitative estimate of drug-likeness (QED) is 0.0741. The highest BCUT2D eigenvalue weighted by atomic mass is 32.1. The van der Waals surface area contributed by atoms with Gasteiger partial charge in [0.05, 0.1) is 0 Å². The van der Waals surface area contributed by atoms with E-state index in [4.69, 9.17) is 0 Å². The minimum Gasteiger partial charge on any atom is -0.134 e. The number of hydrogen-bond acceptors (Lipinski definition) is 2. The van der Waals surface area contributed by atoms with Gasteiger partial charge in [-0.3, -0.25) is 0 Å². The van der Waals surface area contributed by atoms with Crippen LogP contribution in [0.15, 0.2) is 48.5 Å². The summed E-state index contributed by atoms with van der Waals surface area (Å²) in [4.78, 5) is 2.86. The maximum atomic E-state index is 2.46. The van der Waals surface area contributed by atoms with Crippen molar-refractivity contribution >= 4 is 42.8 Å². The van der Waals surface area contributed by atoms with Gasteiger partial charge in [0.1, 0.15) is 0 Å². The molecule has 0 aliphatic rings. The fourth-order valence-electron chi connectivity index (χ4n) is 6.37. The van der Waals surface area contributed by atoms with Crippen LogP contribution in [0.2, 0.25) is 0 Å². The maximum Gasteiger partial charge on any atom is 0.0455 e. The first-order valence-corrected chi connectivity index (χ1v) is 19.5. The predicted molar refractivity (Wildman–Crippen MR) is 194 cm³/mol. The smallest absolute Gasteiger partial charge is 0.0455 e. The molecule has 0 saturated heterocycles. The zero-order valence-electron chi connectivity index (χ0n) is 27.0. The van der Waals surface area contributed by atoms with Crippen LogP contribution < -0.4 is 0 Å². The number of aryl methyl sites for hydroxylation is 2. The molecular weight excluding hydrogens is 545 g/mol.